The Hall–Kier alpha value is -0.410. The molecule has 8 heavy (non-hydrogen) atoms. The maximum absolute atomic E-state index is 10.4. The monoisotopic (exact) mass is 117 g/mol. The molecule has 3 N–H and O–H groups in total. The van der Waals surface area contributed by atoms with Crippen molar-refractivity contribution in [3.8, 4) is 0 Å². The van der Waals surface area contributed by atoms with Gasteiger partial charge in [-0.15, -0.1) is 0 Å². The summed E-state index contributed by atoms with van der Waals surface area (Å²) in [6.07, 6.45) is 0. The Morgan fingerprint density at radius 1 is 1.88 bits per heavy atom. The van der Waals surface area contributed by atoms with E-state index in [1.54, 1.807) is 0 Å². The Bertz CT molecular complexity index is 98.6. The number of carbonyl (C=O) groups excluding carboxylic acids is 1. The van der Waals surface area contributed by atoms with Crippen LogP contribution in [0.3, 0.4) is 0 Å². The number of aliphatic hydroxyl groups is 1. The molecule has 0 fully saturated rings. The zero-order chi connectivity index (χ0) is 6.78. The summed E-state index contributed by atoms with van der Waals surface area (Å²) in [6, 6.07) is 0. The van der Waals surface area contributed by atoms with Crippen molar-refractivity contribution in [2.24, 2.45) is 5.73 Å². The third kappa shape index (κ3) is 1.60. The fourth-order valence-corrected chi connectivity index (χ4v) is 0.111. The molecule has 3 heteroatoms. The van der Waals surface area contributed by atoms with Crippen molar-refractivity contribution in [1.29, 1.82) is 0 Å². The van der Waals surface area contributed by atoms with Crippen molar-refractivity contribution in [2.75, 3.05) is 6.61 Å². The molecule has 0 aliphatic carbocycles. The van der Waals surface area contributed by atoms with Gasteiger partial charge in [0.2, 0.25) is 0 Å². The minimum atomic E-state index is -1.04. The molecule has 0 unspecified atom stereocenters. The molecule has 0 bridgehead atoms. The van der Waals surface area contributed by atoms with Gasteiger partial charge in [-0.1, -0.05) is 0 Å². The second-order valence-corrected chi connectivity index (χ2v) is 2.13. The number of hydrogen-bond acceptors (Lipinski definition) is 3. The highest BCUT2D eigenvalue weighted by Crippen LogP contribution is 1.96. The maximum atomic E-state index is 10.4. The van der Waals surface area contributed by atoms with Gasteiger partial charge in [0, 0.05) is 0 Å². The minimum absolute atomic E-state index is 0.194. The van der Waals surface area contributed by atoms with Gasteiger partial charge in [-0.3, -0.25) is 4.79 Å². The van der Waals surface area contributed by atoms with Crippen LogP contribution in [0.4, 0.5) is 0 Å². The largest absolute Gasteiger partial charge is 0.394 e. The number of carbonyl (C=O) groups is 1. The number of nitrogens with two attached hydrogens (primary N) is 1. The van der Waals surface area contributed by atoms with E-state index in [-0.39, 0.29) is 12.4 Å². The van der Waals surface area contributed by atoms with Gasteiger partial charge < -0.3 is 10.8 Å². The van der Waals surface area contributed by atoms with Gasteiger partial charge in [0.1, 0.15) is 0 Å². The lowest BCUT2D eigenvalue weighted by atomic mass is 10.0. The molecule has 0 saturated carbocycles. The average Bonchev–Trinajstić information content (AvgIpc) is 1.67. The van der Waals surface area contributed by atoms with Crippen molar-refractivity contribution in [2.45, 2.75) is 19.4 Å². The Labute approximate surface area is 48.5 Å². The second-order valence-electron chi connectivity index (χ2n) is 2.13. The third-order valence-corrected chi connectivity index (χ3v) is 1.13. The summed E-state index contributed by atoms with van der Waals surface area (Å²) in [7, 11) is 0. The minimum Gasteiger partial charge on any atom is -0.394 e. The van der Waals surface area contributed by atoms with Crippen LogP contribution in [0.1, 0.15) is 13.8 Å². The van der Waals surface area contributed by atoms with Crippen molar-refractivity contribution < 1.29 is 9.90 Å². The Balaban J connectivity index is 3.91. The van der Waals surface area contributed by atoms with Gasteiger partial charge in [0.15, 0.2) is 5.78 Å². The lowest BCUT2D eigenvalue weighted by Gasteiger charge is -2.16. The molecule has 0 spiro atoms. The van der Waals surface area contributed by atoms with Gasteiger partial charge >= 0.3 is 0 Å². The molecule has 0 radical (unpaired) electrons. The van der Waals surface area contributed by atoms with E-state index in [0.29, 0.717) is 0 Å². The predicted molar refractivity (Wildman–Crippen MR) is 30.4 cm³/mol. The first kappa shape index (κ1) is 7.59. The zero-order valence-corrected chi connectivity index (χ0v) is 5.14. The summed E-state index contributed by atoms with van der Waals surface area (Å²) in [5.41, 5.74) is 4.22. The topological polar surface area (TPSA) is 63.3 Å². The number of rotatable bonds is 2. The third-order valence-electron chi connectivity index (χ3n) is 1.13. The molecule has 0 aromatic rings. The van der Waals surface area contributed by atoms with Crippen molar-refractivity contribution >= 4 is 5.78 Å². The Morgan fingerprint density at radius 3 is 2.25 bits per heavy atom. The molecule has 3 nitrogen and oxygen atoms in total. The van der Waals surface area contributed by atoms with Gasteiger partial charge in [-0.05, 0) is 13.8 Å². The molecule has 0 heterocycles. The molecule has 48 valence electrons. The van der Waals surface area contributed by atoms with Gasteiger partial charge in [-0.2, -0.15) is 0 Å². The number of aliphatic hydroxyl groups excluding tert-OH is 1. The summed E-state index contributed by atoms with van der Waals surface area (Å²) in [5.74, 6) is -0.194. The number of Topliss-reactive ketones (excluding diaryl/α,β-unsaturated/α-hetero) is 1. The molecular weight excluding hydrogens is 106 g/mol. The van der Waals surface area contributed by atoms with Gasteiger partial charge in [-0.25, -0.2) is 0 Å². The first-order chi connectivity index (χ1) is 3.50. The highest BCUT2D eigenvalue weighted by atomic mass is 16.3. The predicted octanol–water partition coefficient (Wildman–Crippen LogP) is -0.715. The highest BCUT2D eigenvalue weighted by Gasteiger charge is 2.22. The van der Waals surface area contributed by atoms with Crippen molar-refractivity contribution in [3.05, 3.63) is 0 Å². The van der Waals surface area contributed by atoms with E-state index >= 15 is 0 Å². The zero-order valence-electron chi connectivity index (χ0n) is 5.14. The first-order valence-electron chi connectivity index (χ1n) is 2.41. The van der Waals surface area contributed by atoms with Crippen LogP contribution >= 0.6 is 0 Å². The summed E-state index contributed by atoms with van der Waals surface area (Å²) in [5, 5.41) is 8.42. The molecule has 0 aliphatic heterocycles. The summed E-state index contributed by atoms with van der Waals surface area (Å²) < 4.78 is 0. The van der Waals surface area contributed by atoms with Gasteiger partial charge in [0.25, 0.3) is 0 Å². The lowest BCUT2D eigenvalue weighted by molar-refractivity contribution is -0.122. The van der Waals surface area contributed by atoms with E-state index in [0.717, 1.165) is 0 Å². The van der Waals surface area contributed by atoms with Crippen LogP contribution in [0, 0.1) is 0 Å². The van der Waals surface area contributed by atoms with E-state index < -0.39 is 5.54 Å². The molecule has 0 aliphatic rings. The number of ketones is 1. The molecule has 0 aromatic heterocycles. The van der Waals surface area contributed by atoms with Crippen LogP contribution in [-0.4, -0.2) is 23.0 Å². The van der Waals surface area contributed by atoms with E-state index in [9.17, 15) is 4.79 Å². The molecule has 0 amide bonds. The quantitative estimate of drug-likeness (QED) is 0.502. The van der Waals surface area contributed by atoms with Crippen LogP contribution < -0.4 is 5.73 Å². The van der Waals surface area contributed by atoms with E-state index in [4.69, 9.17) is 10.8 Å². The van der Waals surface area contributed by atoms with Crippen LogP contribution in [0.15, 0.2) is 0 Å². The molecule has 0 rings (SSSR count). The van der Waals surface area contributed by atoms with Crippen LogP contribution in [-0.2, 0) is 4.79 Å². The Morgan fingerprint density at radius 2 is 2.25 bits per heavy atom. The smallest absolute Gasteiger partial charge is 0.151 e. The molecule has 1 atom stereocenters. The van der Waals surface area contributed by atoms with Gasteiger partial charge in [0.05, 0.1) is 12.1 Å². The number of hydrogen-bond donors (Lipinski definition) is 2. The van der Waals surface area contributed by atoms with Crippen LogP contribution in [0.2, 0.25) is 0 Å². The summed E-state index contributed by atoms with van der Waals surface area (Å²) >= 11 is 0. The summed E-state index contributed by atoms with van der Waals surface area (Å²) in [4.78, 5) is 10.4. The SMILES string of the molecule is CC(=O)[C@](C)(N)CO. The standard InChI is InChI=1S/C5H11NO2/c1-4(8)5(2,6)3-7/h7H,3,6H2,1-2H3/t5-/m1/s1. The van der Waals surface area contributed by atoms with E-state index in [1.807, 2.05) is 0 Å². The van der Waals surface area contributed by atoms with E-state index in [2.05, 4.69) is 0 Å². The van der Waals surface area contributed by atoms with Crippen LogP contribution in [0.5, 0.6) is 0 Å². The second kappa shape index (κ2) is 2.24. The van der Waals surface area contributed by atoms with Crippen molar-refractivity contribution in [1.82, 2.24) is 0 Å². The van der Waals surface area contributed by atoms with Crippen LogP contribution in [0.25, 0.3) is 0 Å². The fraction of sp³-hybridized carbons (Fsp3) is 0.800. The van der Waals surface area contributed by atoms with E-state index in [1.165, 1.54) is 13.8 Å². The lowest BCUT2D eigenvalue weighted by Crippen LogP contribution is -2.46. The average molecular weight is 117 g/mol. The fourth-order valence-electron chi connectivity index (χ4n) is 0.111. The van der Waals surface area contributed by atoms with Crippen molar-refractivity contribution in [3.63, 3.8) is 0 Å². The maximum Gasteiger partial charge on any atom is 0.151 e. The normalized spacial score (nSPS) is 17.5. The molecule has 0 aromatic carbocycles. The first-order valence-corrected chi connectivity index (χ1v) is 2.41. The molecule has 0 saturated heterocycles. The molecular formula is C5H11NO2. The Kier molecular flexibility index (Phi) is 2.12. The highest BCUT2D eigenvalue weighted by molar-refractivity contribution is 5.85. The summed E-state index contributed by atoms with van der Waals surface area (Å²) in [6.45, 7) is 2.56.